The van der Waals surface area contributed by atoms with Crippen molar-refractivity contribution in [3.8, 4) is 0 Å². The van der Waals surface area contributed by atoms with Gasteiger partial charge in [-0.2, -0.15) is 0 Å². The van der Waals surface area contributed by atoms with E-state index < -0.39 is 0 Å². The summed E-state index contributed by atoms with van der Waals surface area (Å²) >= 11 is 0. The summed E-state index contributed by atoms with van der Waals surface area (Å²) < 4.78 is 2.28. The van der Waals surface area contributed by atoms with Crippen molar-refractivity contribution >= 4 is 0 Å². The van der Waals surface area contributed by atoms with E-state index in [9.17, 15) is 0 Å². The van der Waals surface area contributed by atoms with Crippen LogP contribution in [0.2, 0.25) is 0 Å². The number of likely N-dealkylation sites (tertiary alicyclic amines) is 1. The average Bonchev–Trinajstić information content (AvgIpc) is 2.84. The highest BCUT2D eigenvalue weighted by Gasteiger charge is 2.26. The lowest BCUT2D eigenvalue weighted by Crippen LogP contribution is -2.39. The van der Waals surface area contributed by atoms with Gasteiger partial charge in [-0.05, 0) is 58.5 Å². The fraction of sp³-hybridized carbons (Fsp3) is 0.867. The molecule has 1 saturated heterocycles. The third-order valence-corrected chi connectivity index (χ3v) is 4.94. The summed E-state index contributed by atoms with van der Waals surface area (Å²) in [5, 5.41) is 8.74. The zero-order valence-electron chi connectivity index (χ0n) is 12.8. The second kappa shape index (κ2) is 5.82. The zero-order valence-corrected chi connectivity index (χ0v) is 12.8. The Bertz CT molecular complexity index is 445. The normalized spacial score (nSPS) is 25.1. The van der Waals surface area contributed by atoms with Gasteiger partial charge < -0.3 is 15.2 Å². The summed E-state index contributed by atoms with van der Waals surface area (Å²) in [5.74, 6) is 2.93. The first-order valence-corrected chi connectivity index (χ1v) is 8.06. The Balaban J connectivity index is 1.62. The van der Waals surface area contributed by atoms with E-state index in [-0.39, 0.29) is 6.04 Å². The number of nitrogens with two attached hydrogens (primary N) is 1. The number of hydrogen-bond acceptors (Lipinski definition) is 4. The van der Waals surface area contributed by atoms with Crippen LogP contribution in [-0.2, 0) is 13.0 Å². The molecule has 112 valence electrons. The zero-order chi connectivity index (χ0) is 14.1. The lowest BCUT2D eigenvalue weighted by molar-refractivity contribution is 0.148. The van der Waals surface area contributed by atoms with E-state index in [4.69, 9.17) is 5.73 Å². The number of rotatable bonds is 3. The smallest absolute Gasteiger partial charge is 0.149 e. The van der Waals surface area contributed by atoms with Crippen LogP contribution in [0, 0.1) is 5.92 Å². The first kappa shape index (κ1) is 14.0. The molecule has 0 spiro atoms. The molecule has 1 aromatic rings. The molecule has 1 fully saturated rings. The molecule has 1 aromatic heterocycles. The Labute approximate surface area is 121 Å². The van der Waals surface area contributed by atoms with Gasteiger partial charge >= 0.3 is 0 Å². The fourth-order valence-corrected chi connectivity index (χ4v) is 3.55. The van der Waals surface area contributed by atoms with E-state index in [2.05, 4.69) is 33.5 Å². The molecule has 2 aliphatic rings. The molecule has 5 nitrogen and oxygen atoms in total. The Kier molecular flexibility index (Phi) is 4.08. The minimum Gasteiger partial charge on any atom is -0.321 e. The third-order valence-electron chi connectivity index (χ3n) is 4.94. The van der Waals surface area contributed by atoms with Crippen LogP contribution in [0.5, 0.6) is 0 Å². The van der Waals surface area contributed by atoms with Crippen LogP contribution in [0.15, 0.2) is 0 Å². The van der Waals surface area contributed by atoms with Crippen molar-refractivity contribution in [1.29, 1.82) is 0 Å². The molecule has 0 aliphatic carbocycles. The maximum absolute atomic E-state index is 6.11. The van der Waals surface area contributed by atoms with Crippen molar-refractivity contribution in [3.63, 3.8) is 0 Å². The Morgan fingerprint density at radius 1 is 1.15 bits per heavy atom. The van der Waals surface area contributed by atoms with Crippen molar-refractivity contribution in [3.05, 3.63) is 11.6 Å². The molecule has 20 heavy (non-hydrogen) atoms. The largest absolute Gasteiger partial charge is 0.321 e. The topological polar surface area (TPSA) is 60.0 Å². The molecule has 2 N–H and O–H groups in total. The predicted molar refractivity (Wildman–Crippen MR) is 79.3 cm³/mol. The van der Waals surface area contributed by atoms with Crippen molar-refractivity contribution in [1.82, 2.24) is 19.7 Å². The summed E-state index contributed by atoms with van der Waals surface area (Å²) in [6, 6.07) is 0.766. The Hall–Kier alpha value is -0.940. The van der Waals surface area contributed by atoms with Crippen molar-refractivity contribution < 1.29 is 0 Å². The monoisotopic (exact) mass is 277 g/mol. The second-order valence-electron chi connectivity index (χ2n) is 6.65. The van der Waals surface area contributed by atoms with E-state index in [0.29, 0.717) is 6.04 Å². The van der Waals surface area contributed by atoms with Gasteiger partial charge in [-0.15, -0.1) is 10.2 Å². The van der Waals surface area contributed by atoms with E-state index in [1.165, 1.54) is 25.9 Å². The highest BCUT2D eigenvalue weighted by molar-refractivity contribution is 5.04. The molecule has 0 aromatic carbocycles. The maximum atomic E-state index is 6.11. The Morgan fingerprint density at radius 2 is 1.90 bits per heavy atom. The Morgan fingerprint density at radius 3 is 2.60 bits per heavy atom. The first-order valence-electron chi connectivity index (χ1n) is 8.06. The van der Waals surface area contributed by atoms with Gasteiger partial charge in [-0.3, -0.25) is 0 Å². The minimum absolute atomic E-state index is 0.0905. The number of aromatic nitrogens is 3. The van der Waals surface area contributed by atoms with Crippen LogP contribution in [0.4, 0.5) is 0 Å². The summed E-state index contributed by atoms with van der Waals surface area (Å²) in [6.45, 7) is 8.08. The number of fused-ring (bicyclic) bond motifs is 1. The number of nitrogens with zero attached hydrogens (tertiary/aromatic N) is 4. The average molecular weight is 277 g/mol. The van der Waals surface area contributed by atoms with Gasteiger partial charge in [0.05, 0.1) is 6.04 Å². The fourth-order valence-electron chi connectivity index (χ4n) is 3.55. The minimum atomic E-state index is 0.0905. The summed E-state index contributed by atoms with van der Waals surface area (Å²) in [7, 11) is 0. The van der Waals surface area contributed by atoms with Crippen molar-refractivity contribution in [2.24, 2.45) is 11.7 Å². The first-order chi connectivity index (χ1) is 9.65. The van der Waals surface area contributed by atoms with E-state index in [1.807, 2.05) is 0 Å². The van der Waals surface area contributed by atoms with Gasteiger partial charge in [0.1, 0.15) is 11.6 Å². The molecular weight excluding hydrogens is 250 g/mol. The van der Waals surface area contributed by atoms with Gasteiger partial charge in [0, 0.05) is 19.0 Å². The van der Waals surface area contributed by atoms with E-state index in [1.54, 1.807) is 0 Å². The summed E-state index contributed by atoms with van der Waals surface area (Å²) in [6.07, 6.45) is 5.85. The molecular formula is C15H27N5. The van der Waals surface area contributed by atoms with E-state index >= 15 is 0 Å². The molecule has 2 aliphatic heterocycles. The second-order valence-corrected chi connectivity index (χ2v) is 6.65. The lowest BCUT2D eigenvalue weighted by atomic mass is 9.92. The molecule has 3 rings (SSSR count). The predicted octanol–water partition coefficient (Wildman–Crippen LogP) is 1.73. The lowest BCUT2D eigenvalue weighted by Gasteiger charge is -2.34. The van der Waals surface area contributed by atoms with Crippen LogP contribution in [0.1, 0.15) is 57.2 Å². The highest BCUT2D eigenvalue weighted by atomic mass is 15.3. The molecule has 3 heterocycles. The van der Waals surface area contributed by atoms with Crippen molar-refractivity contribution in [2.75, 3.05) is 13.1 Å². The number of piperidine rings is 1. The van der Waals surface area contributed by atoms with Crippen LogP contribution in [-0.4, -0.2) is 38.8 Å². The van der Waals surface area contributed by atoms with Gasteiger partial charge in [0.2, 0.25) is 0 Å². The van der Waals surface area contributed by atoms with Gasteiger partial charge in [-0.1, -0.05) is 0 Å². The SMILES string of the molecule is CC(C)N1CCC(Cc2nnc3n2CCCC3N)CC1. The molecule has 5 heteroatoms. The van der Waals surface area contributed by atoms with Crippen LogP contribution in [0.3, 0.4) is 0 Å². The summed E-state index contributed by atoms with van der Waals surface area (Å²) in [5.41, 5.74) is 6.11. The molecule has 1 unspecified atom stereocenters. The van der Waals surface area contributed by atoms with E-state index in [0.717, 1.165) is 43.4 Å². The van der Waals surface area contributed by atoms with Gasteiger partial charge in [-0.25, -0.2) is 0 Å². The molecule has 0 radical (unpaired) electrons. The maximum Gasteiger partial charge on any atom is 0.149 e. The third kappa shape index (κ3) is 2.74. The summed E-state index contributed by atoms with van der Waals surface area (Å²) in [4.78, 5) is 2.58. The van der Waals surface area contributed by atoms with Crippen LogP contribution < -0.4 is 5.73 Å². The molecule has 0 amide bonds. The number of hydrogen-bond donors (Lipinski definition) is 1. The highest BCUT2D eigenvalue weighted by Crippen LogP contribution is 2.26. The molecule has 1 atom stereocenters. The standard InChI is InChI=1S/C15H27N5/c1-11(2)19-8-5-12(6-9-19)10-14-17-18-15-13(16)4-3-7-20(14)15/h11-13H,3-10,16H2,1-2H3. The molecule has 0 saturated carbocycles. The van der Waals surface area contributed by atoms with Crippen molar-refractivity contribution in [2.45, 2.75) is 64.6 Å². The van der Waals surface area contributed by atoms with Crippen LogP contribution >= 0.6 is 0 Å². The quantitative estimate of drug-likeness (QED) is 0.914. The van der Waals surface area contributed by atoms with Gasteiger partial charge in [0.15, 0.2) is 0 Å². The van der Waals surface area contributed by atoms with Crippen LogP contribution in [0.25, 0.3) is 0 Å². The van der Waals surface area contributed by atoms with Gasteiger partial charge in [0.25, 0.3) is 0 Å². The molecule has 0 bridgehead atoms.